The molecule has 1 amide bonds. The minimum absolute atomic E-state index is 0.0378. The van der Waals surface area contributed by atoms with E-state index < -0.39 is 21.8 Å². The monoisotopic (exact) mass is 413 g/mol. The van der Waals surface area contributed by atoms with Crippen molar-refractivity contribution in [2.24, 2.45) is 0 Å². The highest BCUT2D eigenvalue weighted by atomic mass is 32.2. The predicted molar refractivity (Wildman–Crippen MR) is 111 cm³/mol. The lowest BCUT2D eigenvalue weighted by atomic mass is 10.2. The molecule has 0 spiro atoms. The van der Waals surface area contributed by atoms with Crippen molar-refractivity contribution in [3.63, 3.8) is 0 Å². The van der Waals surface area contributed by atoms with Crippen LogP contribution in [0.2, 0.25) is 0 Å². The zero-order valence-corrected chi connectivity index (χ0v) is 17.1. The van der Waals surface area contributed by atoms with Crippen LogP contribution in [0.15, 0.2) is 54.1 Å². The molecule has 0 fully saturated rings. The number of rotatable bonds is 7. The molecule has 29 heavy (non-hydrogen) atoms. The van der Waals surface area contributed by atoms with E-state index in [0.29, 0.717) is 11.4 Å². The summed E-state index contributed by atoms with van der Waals surface area (Å²) in [7, 11) is -3.27. The average molecular weight is 413 g/mol. The van der Waals surface area contributed by atoms with E-state index in [4.69, 9.17) is 4.74 Å². The van der Waals surface area contributed by atoms with Crippen LogP contribution in [-0.2, 0) is 9.84 Å². The Balaban J connectivity index is 1.87. The molecule has 1 aromatic carbocycles. The van der Waals surface area contributed by atoms with E-state index in [1.165, 1.54) is 6.08 Å². The fourth-order valence-corrected chi connectivity index (χ4v) is 3.36. The first-order valence-corrected chi connectivity index (χ1v) is 11.3. The first-order chi connectivity index (χ1) is 13.8. The van der Waals surface area contributed by atoms with Crippen LogP contribution in [0.25, 0.3) is 5.57 Å². The van der Waals surface area contributed by atoms with Crippen LogP contribution in [0.4, 0.5) is 0 Å². The Bertz CT molecular complexity index is 1050. The summed E-state index contributed by atoms with van der Waals surface area (Å²) in [5, 5.41) is 3.75. The molecule has 3 rings (SSSR count). The molecule has 7 nitrogen and oxygen atoms in total. The first kappa shape index (κ1) is 20.7. The van der Waals surface area contributed by atoms with E-state index in [9.17, 15) is 13.2 Å². The van der Waals surface area contributed by atoms with Crippen LogP contribution in [0.3, 0.4) is 0 Å². The van der Waals surface area contributed by atoms with Gasteiger partial charge < -0.3 is 10.1 Å². The Hall–Kier alpha value is -3.00. The second-order valence-corrected chi connectivity index (χ2v) is 8.80. The van der Waals surface area contributed by atoms with Gasteiger partial charge in [-0.25, -0.2) is 18.4 Å². The van der Waals surface area contributed by atoms with Gasteiger partial charge in [0.1, 0.15) is 5.75 Å². The lowest BCUT2D eigenvalue weighted by Gasteiger charge is -2.13. The lowest BCUT2D eigenvalue weighted by Crippen LogP contribution is -2.32. The predicted octanol–water partition coefficient (Wildman–Crippen LogP) is 3.51. The number of ether oxygens (including phenoxy) is 1. The summed E-state index contributed by atoms with van der Waals surface area (Å²) in [5.74, 6) is 0.151. The number of para-hydroxylation sites is 1. The molecule has 0 bridgehead atoms. The molecule has 0 radical (unpaired) electrons. The maximum absolute atomic E-state index is 12.7. The summed E-state index contributed by atoms with van der Waals surface area (Å²) in [6.45, 7) is 1.67. The Kier molecular flexibility index (Phi) is 6.43. The van der Waals surface area contributed by atoms with Gasteiger partial charge in [-0.1, -0.05) is 30.4 Å². The maximum Gasteiger partial charge on any atom is 0.275 e. The zero-order valence-electron chi connectivity index (χ0n) is 16.3. The summed E-state index contributed by atoms with van der Waals surface area (Å²) in [5.41, 5.74) is 1.82. The molecule has 0 aliphatic heterocycles. The number of nitrogens with one attached hydrogen (secondary N) is 1. The molecule has 1 unspecified atom stereocenters. The fraction of sp³-hybridized carbons (Fsp3) is 0.286. The standard InChI is InChI=1S/C21H23N3O4S/c1-15(12-13-29(2,26)27)23-20(25)19-21(28-17-10-4-3-5-11-17)24-18(14-22-19)16-8-6-7-9-16/h3-5,8,10-15H,6-7,9H2,1-2H3,(H,23,25). The molecule has 1 aliphatic carbocycles. The summed E-state index contributed by atoms with van der Waals surface area (Å²) >= 11 is 0. The molecule has 0 saturated carbocycles. The van der Waals surface area contributed by atoms with Crippen molar-refractivity contribution in [2.45, 2.75) is 32.2 Å². The Morgan fingerprint density at radius 2 is 2.03 bits per heavy atom. The molecule has 8 heteroatoms. The third-order valence-corrected chi connectivity index (χ3v) is 4.91. The second kappa shape index (κ2) is 9.00. The van der Waals surface area contributed by atoms with E-state index in [1.54, 1.807) is 25.3 Å². The van der Waals surface area contributed by atoms with Gasteiger partial charge in [-0.15, -0.1) is 0 Å². The average Bonchev–Trinajstić information content (AvgIpc) is 3.21. The van der Waals surface area contributed by atoms with Gasteiger partial charge in [0, 0.05) is 17.7 Å². The number of amides is 1. The number of sulfone groups is 1. The number of aromatic nitrogens is 2. The Morgan fingerprint density at radius 3 is 2.69 bits per heavy atom. The minimum atomic E-state index is -3.27. The normalized spacial score (nSPS) is 15.2. The van der Waals surface area contributed by atoms with Crippen molar-refractivity contribution < 1.29 is 17.9 Å². The van der Waals surface area contributed by atoms with Crippen molar-refractivity contribution >= 4 is 21.3 Å². The Labute approximate surface area is 170 Å². The number of hydrogen-bond acceptors (Lipinski definition) is 6. The number of nitrogens with zero attached hydrogens (tertiary/aromatic N) is 2. The van der Waals surface area contributed by atoms with Gasteiger partial charge in [-0.2, -0.15) is 0 Å². The maximum atomic E-state index is 12.7. The van der Waals surface area contributed by atoms with Gasteiger partial charge in [-0.3, -0.25) is 4.79 Å². The highest BCUT2D eigenvalue weighted by Crippen LogP contribution is 2.29. The third kappa shape index (κ3) is 5.99. The topological polar surface area (TPSA) is 98.2 Å². The number of hydrogen-bond donors (Lipinski definition) is 1. The lowest BCUT2D eigenvalue weighted by molar-refractivity contribution is 0.0938. The molecule has 0 saturated heterocycles. The summed E-state index contributed by atoms with van der Waals surface area (Å²) in [6.07, 6.45) is 9.16. The van der Waals surface area contributed by atoms with Crippen molar-refractivity contribution in [1.82, 2.24) is 15.3 Å². The molecule has 1 atom stereocenters. The smallest absolute Gasteiger partial charge is 0.275 e. The highest BCUT2D eigenvalue weighted by molar-refractivity contribution is 7.93. The van der Waals surface area contributed by atoms with Crippen LogP contribution in [0, 0.1) is 0 Å². The van der Waals surface area contributed by atoms with Crippen LogP contribution in [0.5, 0.6) is 11.6 Å². The van der Waals surface area contributed by atoms with Gasteiger partial charge in [0.2, 0.25) is 0 Å². The van der Waals surface area contributed by atoms with Gasteiger partial charge in [0.15, 0.2) is 15.5 Å². The van der Waals surface area contributed by atoms with Gasteiger partial charge >= 0.3 is 0 Å². The van der Waals surface area contributed by atoms with Crippen molar-refractivity contribution in [2.75, 3.05) is 6.26 Å². The molecule has 1 aromatic heterocycles. The van der Waals surface area contributed by atoms with Gasteiger partial charge in [0.05, 0.1) is 11.9 Å². The quantitative estimate of drug-likeness (QED) is 0.746. The summed E-state index contributed by atoms with van der Waals surface area (Å²) in [4.78, 5) is 21.6. The minimum Gasteiger partial charge on any atom is -0.437 e. The third-order valence-electron chi connectivity index (χ3n) is 4.26. The van der Waals surface area contributed by atoms with Crippen LogP contribution in [-0.4, -0.2) is 36.6 Å². The zero-order chi connectivity index (χ0) is 20.9. The molecular weight excluding hydrogens is 390 g/mol. The van der Waals surface area contributed by atoms with Crippen molar-refractivity contribution in [1.29, 1.82) is 0 Å². The molecule has 1 aliphatic rings. The summed E-state index contributed by atoms with van der Waals surface area (Å²) in [6, 6.07) is 8.53. The van der Waals surface area contributed by atoms with Crippen molar-refractivity contribution in [3.05, 3.63) is 65.5 Å². The summed E-state index contributed by atoms with van der Waals surface area (Å²) < 4.78 is 28.4. The van der Waals surface area contributed by atoms with Crippen LogP contribution < -0.4 is 10.1 Å². The molecule has 2 aromatic rings. The molecule has 152 valence electrons. The van der Waals surface area contributed by atoms with Gasteiger partial charge in [0.25, 0.3) is 11.8 Å². The number of carbonyl (C=O) groups excluding carboxylic acids is 1. The van der Waals surface area contributed by atoms with E-state index in [1.807, 2.05) is 18.2 Å². The molecule has 1 heterocycles. The Morgan fingerprint density at radius 1 is 1.28 bits per heavy atom. The van der Waals surface area contributed by atoms with Crippen LogP contribution >= 0.6 is 0 Å². The van der Waals surface area contributed by atoms with Crippen molar-refractivity contribution in [3.8, 4) is 11.6 Å². The molecular formula is C21H23N3O4S. The SMILES string of the molecule is CC(C=CS(C)(=O)=O)NC(=O)c1ncc(C2=CCCC2)nc1Oc1ccccc1. The van der Waals surface area contributed by atoms with E-state index in [0.717, 1.165) is 36.5 Å². The van der Waals surface area contributed by atoms with Crippen LogP contribution in [0.1, 0.15) is 42.4 Å². The van der Waals surface area contributed by atoms with E-state index in [2.05, 4.69) is 21.4 Å². The van der Waals surface area contributed by atoms with Gasteiger partial charge in [-0.05, 0) is 43.9 Å². The van der Waals surface area contributed by atoms with E-state index >= 15 is 0 Å². The number of allylic oxidation sites excluding steroid dienone is 2. The second-order valence-electron chi connectivity index (χ2n) is 6.87. The highest BCUT2D eigenvalue weighted by Gasteiger charge is 2.20. The number of benzene rings is 1. The fourth-order valence-electron chi connectivity index (χ4n) is 2.84. The largest absolute Gasteiger partial charge is 0.437 e. The molecule has 1 N–H and O–H groups in total. The van der Waals surface area contributed by atoms with E-state index in [-0.39, 0.29) is 11.6 Å². The number of carbonyl (C=O) groups is 1. The first-order valence-electron chi connectivity index (χ1n) is 9.30.